The van der Waals surface area contributed by atoms with Gasteiger partial charge in [0.15, 0.2) is 6.54 Å². The maximum Gasteiger partial charge on any atom is 0.229 e. The molecule has 1 heterocycles. The topological polar surface area (TPSA) is 26.2 Å². The van der Waals surface area contributed by atoms with Gasteiger partial charge in [0.1, 0.15) is 5.75 Å². The Morgan fingerprint density at radius 2 is 1.88 bits per heavy atom. The largest absolute Gasteiger partial charge is 0.494 e. The maximum atomic E-state index is 5.73. The Morgan fingerprint density at radius 1 is 1.18 bits per heavy atom. The van der Waals surface area contributed by atoms with Crippen molar-refractivity contribution in [1.82, 2.24) is 0 Å². The van der Waals surface area contributed by atoms with Crippen LogP contribution in [0.3, 0.4) is 0 Å². The molecule has 0 saturated carbocycles. The fraction of sp³-hybridized carbons (Fsp3) is 0.357. The maximum absolute atomic E-state index is 5.73. The van der Waals surface area contributed by atoms with Crippen LogP contribution in [0.1, 0.15) is 19.5 Å². The average molecular weight is 232 g/mol. The molecule has 0 bridgehead atoms. The van der Waals surface area contributed by atoms with Gasteiger partial charge in [0, 0.05) is 12.5 Å². The van der Waals surface area contributed by atoms with Crippen LogP contribution in [0.5, 0.6) is 5.75 Å². The summed E-state index contributed by atoms with van der Waals surface area (Å²) in [5, 5.41) is 0. The highest BCUT2D eigenvalue weighted by Gasteiger charge is 2.14. The summed E-state index contributed by atoms with van der Waals surface area (Å²) in [6, 6.07) is 10.0. The Hall–Kier alpha value is -1.77. The minimum atomic E-state index is 0.690. The second-order valence-electron chi connectivity index (χ2n) is 3.89. The van der Waals surface area contributed by atoms with Crippen LogP contribution in [0, 0.1) is 6.92 Å². The van der Waals surface area contributed by atoms with Gasteiger partial charge in [0.05, 0.1) is 12.7 Å². The molecule has 2 rings (SSSR count). The number of nitrogens with zero attached hydrogens (tertiary/aromatic N) is 1. The summed E-state index contributed by atoms with van der Waals surface area (Å²) in [6.45, 7) is 7.63. The van der Waals surface area contributed by atoms with Crippen LogP contribution in [0.15, 0.2) is 34.9 Å². The molecule has 2 aromatic rings. The molecule has 1 aromatic heterocycles. The van der Waals surface area contributed by atoms with E-state index in [1.54, 1.807) is 0 Å². The minimum absolute atomic E-state index is 0.690. The number of benzene rings is 1. The molecule has 3 nitrogen and oxygen atoms in total. The zero-order valence-electron chi connectivity index (χ0n) is 10.6. The van der Waals surface area contributed by atoms with Gasteiger partial charge in [0.2, 0.25) is 11.5 Å². The molecular weight excluding hydrogens is 214 g/mol. The van der Waals surface area contributed by atoms with E-state index in [0.717, 1.165) is 29.3 Å². The van der Waals surface area contributed by atoms with Crippen molar-refractivity contribution < 1.29 is 14.0 Å². The monoisotopic (exact) mass is 232 g/mol. The molecule has 0 N–H and O–H groups in total. The fourth-order valence-corrected chi connectivity index (χ4v) is 1.81. The first-order chi connectivity index (χ1) is 8.24. The third-order valence-corrected chi connectivity index (χ3v) is 2.68. The molecule has 90 valence electrons. The molecule has 3 heteroatoms. The molecule has 1 aromatic carbocycles. The van der Waals surface area contributed by atoms with E-state index >= 15 is 0 Å². The summed E-state index contributed by atoms with van der Waals surface area (Å²) in [4.78, 5) is 0. The van der Waals surface area contributed by atoms with Crippen LogP contribution in [0.4, 0.5) is 0 Å². The Morgan fingerprint density at radius 3 is 2.41 bits per heavy atom. The summed E-state index contributed by atoms with van der Waals surface area (Å²) < 4.78 is 13.0. The Bertz CT molecular complexity index is 485. The zero-order chi connectivity index (χ0) is 12.3. The van der Waals surface area contributed by atoms with E-state index in [9.17, 15) is 0 Å². The molecule has 0 fully saturated rings. The number of ether oxygens (including phenoxy) is 1. The first kappa shape index (κ1) is 11.7. The van der Waals surface area contributed by atoms with Gasteiger partial charge < -0.3 is 4.74 Å². The van der Waals surface area contributed by atoms with E-state index in [1.807, 2.05) is 42.9 Å². The van der Waals surface area contributed by atoms with E-state index in [-0.39, 0.29) is 0 Å². The Kier molecular flexibility index (Phi) is 3.47. The van der Waals surface area contributed by atoms with Gasteiger partial charge >= 0.3 is 0 Å². The Balaban J connectivity index is 2.26. The number of aryl methyl sites for hydroxylation is 2. The lowest BCUT2D eigenvalue weighted by Crippen LogP contribution is -2.32. The second-order valence-corrected chi connectivity index (χ2v) is 3.89. The molecule has 0 aliphatic heterocycles. The van der Waals surface area contributed by atoms with Gasteiger partial charge in [-0.25, -0.2) is 4.52 Å². The predicted molar refractivity (Wildman–Crippen MR) is 65.9 cm³/mol. The first-order valence-corrected chi connectivity index (χ1v) is 5.98. The highest BCUT2D eigenvalue weighted by molar-refractivity contribution is 5.57. The zero-order valence-corrected chi connectivity index (χ0v) is 10.6. The number of hydrogen-bond acceptors (Lipinski definition) is 2. The molecule has 0 amide bonds. The fourth-order valence-electron chi connectivity index (χ4n) is 1.81. The summed E-state index contributed by atoms with van der Waals surface area (Å²) in [5.74, 6) is 1.79. The lowest BCUT2D eigenvalue weighted by Gasteiger charge is -2.02. The van der Waals surface area contributed by atoms with Crippen LogP contribution in [-0.2, 0) is 6.54 Å². The summed E-state index contributed by atoms with van der Waals surface area (Å²) in [7, 11) is 0. The van der Waals surface area contributed by atoms with Crippen LogP contribution in [0.25, 0.3) is 11.3 Å². The normalized spacial score (nSPS) is 10.5. The van der Waals surface area contributed by atoms with Crippen molar-refractivity contribution in [1.29, 1.82) is 0 Å². The van der Waals surface area contributed by atoms with Crippen molar-refractivity contribution in [2.75, 3.05) is 6.61 Å². The molecule has 0 spiro atoms. The van der Waals surface area contributed by atoms with Crippen molar-refractivity contribution in [2.24, 2.45) is 0 Å². The third kappa shape index (κ3) is 2.49. The molecule has 0 unspecified atom stereocenters. The minimum Gasteiger partial charge on any atom is -0.494 e. The van der Waals surface area contributed by atoms with E-state index in [2.05, 4.69) is 13.0 Å². The first-order valence-electron chi connectivity index (χ1n) is 5.98. The van der Waals surface area contributed by atoms with Crippen LogP contribution in [0.2, 0.25) is 0 Å². The van der Waals surface area contributed by atoms with E-state index in [1.165, 1.54) is 0 Å². The summed E-state index contributed by atoms with van der Waals surface area (Å²) in [6.07, 6.45) is 0. The number of aromatic nitrogens is 1. The van der Waals surface area contributed by atoms with E-state index in [0.29, 0.717) is 6.61 Å². The standard InChI is InChI=1S/C14H18NO2/c1-4-15-11(3)10-14(17-15)12-6-8-13(9-7-12)16-5-2/h6-10H,4-5H2,1-3H3/q+1. The van der Waals surface area contributed by atoms with E-state index in [4.69, 9.17) is 9.26 Å². The van der Waals surface area contributed by atoms with Gasteiger partial charge in [0.25, 0.3) is 0 Å². The van der Waals surface area contributed by atoms with Gasteiger partial charge in [-0.15, -0.1) is 0 Å². The molecule has 0 saturated heterocycles. The van der Waals surface area contributed by atoms with Gasteiger partial charge in [-0.3, -0.25) is 0 Å². The van der Waals surface area contributed by atoms with Crippen LogP contribution in [-0.4, -0.2) is 6.61 Å². The predicted octanol–water partition coefficient (Wildman–Crippen LogP) is 2.96. The van der Waals surface area contributed by atoms with Gasteiger partial charge in [-0.05, 0) is 42.9 Å². The summed E-state index contributed by atoms with van der Waals surface area (Å²) >= 11 is 0. The number of rotatable bonds is 4. The smallest absolute Gasteiger partial charge is 0.229 e. The second kappa shape index (κ2) is 5.04. The van der Waals surface area contributed by atoms with Crippen molar-refractivity contribution >= 4 is 0 Å². The molecule has 0 atom stereocenters. The van der Waals surface area contributed by atoms with Gasteiger partial charge in [-0.1, -0.05) is 0 Å². The van der Waals surface area contributed by atoms with Crippen molar-refractivity contribution in [3.05, 3.63) is 36.0 Å². The molecule has 0 radical (unpaired) electrons. The highest BCUT2D eigenvalue weighted by Crippen LogP contribution is 2.22. The number of hydrogen-bond donors (Lipinski definition) is 0. The molecule has 0 aliphatic carbocycles. The van der Waals surface area contributed by atoms with Crippen molar-refractivity contribution in [2.45, 2.75) is 27.3 Å². The van der Waals surface area contributed by atoms with Gasteiger partial charge in [-0.2, -0.15) is 0 Å². The van der Waals surface area contributed by atoms with Crippen molar-refractivity contribution in [3.63, 3.8) is 0 Å². The van der Waals surface area contributed by atoms with Crippen molar-refractivity contribution in [3.8, 4) is 17.1 Å². The SMILES string of the molecule is CCOc1ccc(-c2cc(C)[n+](CC)o2)cc1. The molecular formula is C14H18NO2+. The Labute approximate surface area is 102 Å². The van der Waals surface area contributed by atoms with E-state index < -0.39 is 0 Å². The van der Waals surface area contributed by atoms with Crippen LogP contribution < -0.4 is 9.48 Å². The highest BCUT2D eigenvalue weighted by atomic mass is 16.5. The quantitative estimate of drug-likeness (QED) is 0.757. The van der Waals surface area contributed by atoms with Crippen LogP contribution >= 0.6 is 0 Å². The summed E-state index contributed by atoms with van der Waals surface area (Å²) in [5.41, 5.74) is 2.21. The average Bonchev–Trinajstić information content (AvgIpc) is 2.72. The lowest BCUT2D eigenvalue weighted by atomic mass is 10.1. The third-order valence-electron chi connectivity index (χ3n) is 2.68. The lowest BCUT2D eigenvalue weighted by molar-refractivity contribution is -0.864. The molecule has 17 heavy (non-hydrogen) atoms. The molecule has 0 aliphatic rings.